The molecule has 17 heavy (non-hydrogen) atoms. The van der Waals surface area contributed by atoms with Crippen molar-refractivity contribution in [2.24, 2.45) is 5.73 Å². The maximum atomic E-state index is 5.94. The van der Waals surface area contributed by atoms with Gasteiger partial charge in [-0.2, -0.15) is 0 Å². The minimum Gasteiger partial charge on any atom is -0.365 e. The van der Waals surface area contributed by atoms with E-state index in [1.54, 1.807) is 0 Å². The van der Waals surface area contributed by atoms with Gasteiger partial charge in [0.05, 0.1) is 5.69 Å². The predicted octanol–water partition coefficient (Wildman–Crippen LogP) is 3.14. The van der Waals surface area contributed by atoms with Gasteiger partial charge < -0.3 is 10.6 Å². The van der Waals surface area contributed by atoms with Gasteiger partial charge in [0, 0.05) is 28.8 Å². The molecule has 96 valence electrons. The molecule has 1 heterocycles. The normalized spacial score (nSPS) is 24.8. The molecule has 0 radical (unpaired) electrons. The number of halogens is 1. The number of hydrogen-bond donors (Lipinski definition) is 1. The molecule has 1 aliphatic rings. The van der Waals surface area contributed by atoms with Gasteiger partial charge in [0.2, 0.25) is 0 Å². The van der Waals surface area contributed by atoms with Gasteiger partial charge in [0.15, 0.2) is 0 Å². The van der Waals surface area contributed by atoms with E-state index < -0.39 is 0 Å². The molecule has 0 bridgehead atoms. The van der Waals surface area contributed by atoms with E-state index in [0.717, 1.165) is 6.54 Å². The molecule has 0 aromatic heterocycles. The highest BCUT2D eigenvalue weighted by atomic mass is 35.5. The third-order valence-electron chi connectivity index (χ3n) is 3.14. The van der Waals surface area contributed by atoms with Crippen LogP contribution in [0.4, 0.5) is 5.69 Å². The molecular weight excluding hydrogens is 252 g/mol. The van der Waals surface area contributed by atoms with Gasteiger partial charge in [0.1, 0.15) is 0 Å². The van der Waals surface area contributed by atoms with Crippen LogP contribution in [-0.4, -0.2) is 23.9 Å². The molecule has 0 amide bonds. The molecule has 0 saturated heterocycles. The average Bonchev–Trinajstić information content (AvgIpc) is 2.24. The van der Waals surface area contributed by atoms with E-state index in [-0.39, 0.29) is 18.4 Å². The van der Waals surface area contributed by atoms with Crippen molar-refractivity contribution in [2.45, 2.75) is 43.0 Å². The molecule has 0 fully saturated rings. The smallest absolute Gasteiger partial charge is 0.0507 e. The summed E-state index contributed by atoms with van der Waals surface area (Å²) in [6.45, 7) is 7.58. The summed E-state index contributed by atoms with van der Waals surface area (Å²) in [5.74, 6) is 0. The number of nitrogens with two attached hydrogens (primary N) is 1. The van der Waals surface area contributed by atoms with Gasteiger partial charge in [-0.15, -0.1) is 24.2 Å². The lowest BCUT2D eigenvalue weighted by molar-refractivity contribution is 0.575. The highest BCUT2D eigenvalue weighted by molar-refractivity contribution is 8.00. The van der Waals surface area contributed by atoms with E-state index in [2.05, 4.69) is 49.9 Å². The van der Waals surface area contributed by atoms with Crippen molar-refractivity contribution in [3.63, 3.8) is 0 Å². The maximum Gasteiger partial charge on any atom is 0.0507 e. The standard InChI is InChI=1S/C13H20N2S.ClH/c1-9(14)8-15-10(2)11(3)16-13-7-5-4-6-12(13)15;/h4-7,9-11H,8,14H2,1-3H3;1H. The lowest BCUT2D eigenvalue weighted by atomic mass is 10.1. The van der Waals surface area contributed by atoms with Crippen LogP contribution < -0.4 is 10.6 Å². The fourth-order valence-corrected chi connectivity index (χ4v) is 3.35. The van der Waals surface area contributed by atoms with Crippen molar-refractivity contribution in [3.05, 3.63) is 24.3 Å². The van der Waals surface area contributed by atoms with Crippen LogP contribution in [0, 0.1) is 0 Å². The number of anilines is 1. The Kier molecular flexibility index (Phi) is 5.17. The quantitative estimate of drug-likeness (QED) is 0.897. The fourth-order valence-electron chi connectivity index (χ4n) is 2.14. The van der Waals surface area contributed by atoms with Gasteiger partial charge in [0.25, 0.3) is 0 Å². The van der Waals surface area contributed by atoms with Crippen molar-refractivity contribution < 1.29 is 0 Å². The minimum absolute atomic E-state index is 0. The van der Waals surface area contributed by atoms with Crippen LogP contribution in [0.25, 0.3) is 0 Å². The molecule has 0 saturated carbocycles. The first-order valence-electron chi connectivity index (χ1n) is 5.87. The van der Waals surface area contributed by atoms with Crippen LogP contribution in [0.15, 0.2) is 29.2 Å². The molecule has 1 aromatic carbocycles. The zero-order chi connectivity index (χ0) is 11.7. The zero-order valence-electron chi connectivity index (χ0n) is 10.6. The van der Waals surface area contributed by atoms with Crippen molar-refractivity contribution in [1.29, 1.82) is 0 Å². The van der Waals surface area contributed by atoms with Crippen molar-refractivity contribution in [2.75, 3.05) is 11.4 Å². The Balaban J connectivity index is 0.00000144. The lowest BCUT2D eigenvalue weighted by Gasteiger charge is -2.41. The van der Waals surface area contributed by atoms with Gasteiger partial charge in [-0.1, -0.05) is 19.1 Å². The lowest BCUT2D eigenvalue weighted by Crippen LogP contribution is -2.47. The summed E-state index contributed by atoms with van der Waals surface area (Å²) in [7, 11) is 0. The van der Waals surface area contributed by atoms with Gasteiger partial charge in [-0.05, 0) is 26.0 Å². The fraction of sp³-hybridized carbons (Fsp3) is 0.538. The summed E-state index contributed by atoms with van der Waals surface area (Å²) in [4.78, 5) is 3.83. The summed E-state index contributed by atoms with van der Waals surface area (Å²) in [6.07, 6.45) is 0. The molecule has 2 N–H and O–H groups in total. The maximum absolute atomic E-state index is 5.94. The van der Waals surface area contributed by atoms with E-state index in [4.69, 9.17) is 5.73 Å². The molecule has 1 aliphatic heterocycles. The molecule has 1 aromatic rings. The topological polar surface area (TPSA) is 29.3 Å². The predicted molar refractivity (Wildman–Crippen MR) is 79.5 cm³/mol. The second-order valence-corrected chi connectivity index (χ2v) is 6.08. The molecule has 4 heteroatoms. The SMILES string of the molecule is CC(N)CN1c2ccccc2SC(C)C1C.Cl. The summed E-state index contributed by atoms with van der Waals surface area (Å²) in [5.41, 5.74) is 7.28. The Bertz CT molecular complexity index is 370. The van der Waals surface area contributed by atoms with Crippen molar-refractivity contribution >= 4 is 29.9 Å². The van der Waals surface area contributed by atoms with E-state index in [1.165, 1.54) is 10.6 Å². The summed E-state index contributed by atoms with van der Waals surface area (Å²) in [6, 6.07) is 9.38. The van der Waals surface area contributed by atoms with Crippen LogP contribution in [0.5, 0.6) is 0 Å². The van der Waals surface area contributed by atoms with Gasteiger partial charge in [-0.3, -0.25) is 0 Å². The van der Waals surface area contributed by atoms with E-state index in [0.29, 0.717) is 11.3 Å². The number of rotatable bonds is 2. The Morgan fingerprint density at radius 1 is 1.35 bits per heavy atom. The second-order valence-electron chi connectivity index (χ2n) is 4.66. The molecular formula is C13H21ClN2S. The van der Waals surface area contributed by atoms with Gasteiger partial charge in [-0.25, -0.2) is 0 Å². The van der Waals surface area contributed by atoms with Crippen LogP contribution in [-0.2, 0) is 0 Å². The molecule has 3 atom stereocenters. The first-order valence-corrected chi connectivity index (χ1v) is 6.75. The number of fused-ring (bicyclic) bond motifs is 1. The number of thioether (sulfide) groups is 1. The van der Waals surface area contributed by atoms with Crippen molar-refractivity contribution in [3.8, 4) is 0 Å². The Morgan fingerprint density at radius 2 is 2.00 bits per heavy atom. The largest absolute Gasteiger partial charge is 0.365 e. The number of para-hydroxylation sites is 1. The van der Waals surface area contributed by atoms with Crippen LogP contribution in [0.1, 0.15) is 20.8 Å². The number of hydrogen-bond acceptors (Lipinski definition) is 3. The van der Waals surface area contributed by atoms with Crippen LogP contribution in [0.2, 0.25) is 0 Å². The third-order valence-corrected chi connectivity index (χ3v) is 4.51. The van der Waals surface area contributed by atoms with Crippen LogP contribution in [0.3, 0.4) is 0 Å². The summed E-state index contributed by atoms with van der Waals surface area (Å²) in [5, 5.41) is 0.619. The second kappa shape index (κ2) is 5.98. The molecule has 2 nitrogen and oxygen atoms in total. The number of nitrogens with zero attached hydrogens (tertiary/aromatic N) is 1. The van der Waals surface area contributed by atoms with E-state index in [1.807, 2.05) is 11.8 Å². The molecule has 3 unspecified atom stereocenters. The van der Waals surface area contributed by atoms with Crippen LogP contribution >= 0.6 is 24.2 Å². The number of benzene rings is 1. The summed E-state index contributed by atoms with van der Waals surface area (Å²) >= 11 is 1.97. The highest BCUT2D eigenvalue weighted by Gasteiger charge is 2.29. The monoisotopic (exact) mass is 272 g/mol. The highest BCUT2D eigenvalue weighted by Crippen LogP contribution is 2.41. The van der Waals surface area contributed by atoms with Crippen molar-refractivity contribution in [1.82, 2.24) is 0 Å². The average molecular weight is 273 g/mol. The Morgan fingerprint density at radius 3 is 2.65 bits per heavy atom. The third kappa shape index (κ3) is 3.09. The molecule has 0 spiro atoms. The molecule has 2 rings (SSSR count). The Hall–Kier alpha value is -0.380. The minimum atomic E-state index is 0. The first-order chi connectivity index (χ1) is 7.59. The zero-order valence-corrected chi connectivity index (χ0v) is 12.2. The first kappa shape index (κ1) is 14.7. The molecule has 0 aliphatic carbocycles. The van der Waals surface area contributed by atoms with E-state index in [9.17, 15) is 0 Å². The Labute approximate surface area is 114 Å². The summed E-state index contributed by atoms with van der Waals surface area (Å²) < 4.78 is 0. The van der Waals surface area contributed by atoms with Gasteiger partial charge >= 0.3 is 0 Å². The van der Waals surface area contributed by atoms with E-state index >= 15 is 0 Å².